The molecule has 4 nitrogen and oxygen atoms in total. The zero-order valence-corrected chi connectivity index (χ0v) is 12.4. The van der Waals surface area contributed by atoms with Crippen molar-refractivity contribution in [3.63, 3.8) is 0 Å². The summed E-state index contributed by atoms with van der Waals surface area (Å²) in [6.07, 6.45) is 3.82. The van der Waals surface area contributed by atoms with E-state index in [1.54, 1.807) is 6.07 Å². The second-order valence-corrected chi connectivity index (χ2v) is 6.43. The average molecular weight is 282 g/mol. The number of ether oxygens (including phenoxy) is 1. The highest BCUT2D eigenvalue weighted by Crippen LogP contribution is 2.29. The molecule has 2 rings (SSSR count). The third-order valence-corrected chi connectivity index (χ3v) is 4.75. The van der Waals surface area contributed by atoms with Crippen LogP contribution in [0.3, 0.4) is 0 Å². The molecule has 1 saturated carbocycles. The first kappa shape index (κ1) is 14.5. The summed E-state index contributed by atoms with van der Waals surface area (Å²) in [6, 6.07) is 4.31. The van der Waals surface area contributed by atoms with Crippen molar-refractivity contribution in [2.24, 2.45) is 0 Å². The summed E-state index contributed by atoms with van der Waals surface area (Å²) in [6.45, 7) is 3.00. The van der Waals surface area contributed by atoms with Crippen LogP contribution in [0.15, 0.2) is 12.1 Å². The van der Waals surface area contributed by atoms with E-state index in [1.807, 2.05) is 6.07 Å². The van der Waals surface area contributed by atoms with E-state index in [1.165, 1.54) is 32.1 Å². The van der Waals surface area contributed by atoms with Crippen LogP contribution in [0.1, 0.15) is 42.4 Å². The van der Waals surface area contributed by atoms with Crippen molar-refractivity contribution >= 4 is 17.7 Å². The Morgan fingerprint density at radius 2 is 2.37 bits per heavy atom. The van der Waals surface area contributed by atoms with Crippen molar-refractivity contribution < 1.29 is 9.53 Å². The molecule has 2 N–H and O–H groups in total. The van der Waals surface area contributed by atoms with Crippen molar-refractivity contribution in [3.05, 3.63) is 23.5 Å². The van der Waals surface area contributed by atoms with Gasteiger partial charge in [0.15, 0.2) is 0 Å². The fourth-order valence-electron chi connectivity index (χ4n) is 2.54. The minimum Gasteiger partial charge on any atom is -0.464 e. The molecule has 0 spiro atoms. The molecule has 1 aromatic rings. The highest BCUT2D eigenvalue weighted by atomic mass is 32.2. The zero-order valence-electron chi connectivity index (χ0n) is 11.6. The SMILES string of the molecule is CCSC1CCC(NCc2ccc(C(=O)OC)[nH]2)C1. The van der Waals surface area contributed by atoms with Crippen molar-refractivity contribution in [2.45, 2.75) is 44.0 Å². The van der Waals surface area contributed by atoms with E-state index in [9.17, 15) is 4.79 Å². The summed E-state index contributed by atoms with van der Waals surface area (Å²) >= 11 is 2.07. The third kappa shape index (κ3) is 4.01. The number of methoxy groups -OCH3 is 1. The minimum atomic E-state index is -0.313. The number of H-pyrrole nitrogens is 1. The number of carbonyl (C=O) groups excluding carboxylic acids is 1. The lowest BCUT2D eigenvalue weighted by Crippen LogP contribution is -2.26. The molecule has 5 heteroatoms. The Labute approximate surface area is 118 Å². The maximum absolute atomic E-state index is 11.3. The van der Waals surface area contributed by atoms with Gasteiger partial charge in [0.25, 0.3) is 0 Å². The first-order valence-electron chi connectivity index (χ1n) is 6.84. The first-order chi connectivity index (χ1) is 9.22. The molecule has 0 saturated heterocycles. The molecular formula is C14H22N2O2S. The smallest absolute Gasteiger partial charge is 0.354 e. The Morgan fingerprint density at radius 3 is 3.11 bits per heavy atom. The van der Waals surface area contributed by atoms with E-state index in [2.05, 4.69) is 33.7 Å². The number of nitrogens with one attached hydrogen (secondary N) is 2. The zero-order chi connectivity index (χ0) is 13.7. The van der Waals surface area contributed by atoms with Gasteiger partial charge in [0.2, 0.25) is 0 Å². The summed E-state index contributed by atoms with van der Waals surface area (Å²) in [5, 5.41) is 4.38. The van der Waals surface area contributed by atoms with E-state index in [-0.39, 0.29) is 5.97 Å². The van der Waals surface area contributed by atoms with Gasteiger partial charge < -0.3 is 15.0 Å². The largest absolute Gasteiger partial charge is 0.464 e. The van der Waals surface area contributed by atoms with Gasteiger partial charge in [-0.25, -0.2) is 4.79 Å². The van der Waals surface area contributed by atoms with Crippen molar-refractivity contribution in [2.75, 3.05) is 12.9 Å². The van der Waals surface area contributed by atoms with E-state index < -0.39 is 0 Å². The number of aromatic amines is 1. The first-order valence-corrected chi connectivity index (χ1v) is 7.89. The van der Waals surface area contributed by atoms with Crippen molar-refractivity contribution in [1.82, 2.24) is 10.3 Å². The standard InChI is InChI=1S/C14H22N2O2S/c1-3-19-12-6-4-10(8-12)15-9-11-5-7-13(16-11)14(17)18-2/h5,7,10,12,15-16H,3-4,6,8-9H2,1-2H3. The molecule has 1 aliphatic carbocycles. The lowest BCUT2D eigenvalue weighted by Gasteiger charge is -2.12. The highest BCUT2D eigenvalue weighted by molar-refractivity contribution is 7.99. The van der Waals surface area contributed by atoms with Crippen LogP contribution < -0.4 is 5.32 Å². The number of carbonyl (C=O) groups is 1. The fourth-order valence-corrected chi connectivity index (χ4v) is 3.68. The molecule has 1 fully saturated rings. The number of hydrogen-bond acceptors (Lipinski definition) is 4. The van der Waals surface area contributed by atoms with Crippen molar-refractivity contribution in [1.29, 1.82) is 0 Å². The summed E-state index contributed by atoms with van der Waals surface area (Å²) in [4.78, 5) is 14.4. The Morgan fingerprint density at radius 1 is 1.53 bits per heavy atom. The number of aromatic nitrogens is 1. The molecule has 0 bridgehead atoms. The van der Waals surface area contributed by atoms with Crippen LogP contribution >= 0.6 is 11.8 Å². The Hall–Kier alpha value is -0.940. The highest BCUT2D eigenvalue weighted by Gasteiger charge is 2.24. The summed E-state index contributed by atoms with van der Waals surface area (Å²) < 4.78 is 4.68. The molecular weight excluding hydrogens is 260 g/mol. The molecule has 0 amide bonds. The number of rotatable bonds is 6. The second-order valence-electron chi connectivity index (χ2n) is 4.86. The molecule has 1 heterocycles. The van der Waals surface area contributed by atoms with Gasteiger partial charge in [-0.15, -0.1) is 0 Å². The Balaban J connectivity index is 1.77. The quantitative estimate of drug-likeness (QED) is 0.787. The van der Waals surface area contributed by atoms with E-state index in [0.29, 0.717) is 11.7 Å². The molecule has 0 aromatic carbocycles. The van der Waals surface area contributed by atoms with E-state index in [4.69, 9.17) is 0 Å². The van der Waals surface area contributed by atoms with Gasteiger partial charge in [0, 0.05) is 23.5 Å². The van der Waals surface area contributed by atoms with Gasteiger partial charge in [-0.3, -0.25) is 0 Å². The predicted molar refractivity (Wildman–Crippen MR) is 78.5 cm³/mol. The summed E-state index contributed by atoms with van der Waals surface area (Å²) in [5.74, 6) is 0.891. The van der Waals surface area contributed by atoms with Gasteiger partial charge >= 0.3 is 5.97 Å². The maximum Gasteiger partial charge on any atom is 0.354 e. The molecule has 2 unspecified atom stereocenters. The summed E-state index contributed by atoms with van der Waals surface area (Å²) in [5.41, 5.74) is 1.55. The normalized spacial score (nSPS) is 22.6. The van der Waals surface area contributed by atoms with Crippen LogP contribution in [0.2, 0.25) is 0 Å². The summed E-state index contributed by atoms with van der Waals surface area (Å²) in [7, 11) is 1.39. The number of hydrogen-bond donors (Lipinski definition) is 2. The van der Waals surface area contributed by atoms with E-state index >= 15 is 0 Å². The maximum atomic E-state index is 11.3. The van der Waals surface area contributed by atoms with Gasteiger partial charge in [-0.1, -0.05) is 6.92 Å². The van der Waals surface area contributed by atoms with Gasteiger partial charge in [0.05, 0.1) is 7.11 Å². The average Bonchev–Trinajstić information content (AvgIpc) is 3.05. The number of thioether (sulfide) groups is 1. The van der Waals surface area contributed by atoms with Crippen LogP contribution in [-0.4, -0.2) is 35.1 Å². The van der Waals surface area contributed by atoms with Crippen molar-refractivity contribution in [3.8, 4) is 0 Å². The molecule has 0 aliphatic heterocycles. The fraction of sp³-hybridized carbons (Fsp3) is 0.643. The van der Waals surface area contributed by atoms with Crippen LogP contribution in [0.5, 0.6) is 0 Å². The second kappa shape index (κ2) is 7.01. The van der Waals surface area contributed by atoms with E-state index in [0.717, 1.165) is 17.5 Å². The molecule has 106 valence electrons. The topological polar surface area (TPSA) is 54.1 Å². The third-order valence-electron chi connectivity index (χ3n) is 3.52. The molecule has 19 heavy (non-hydrogen) atoms. The lowest BCUT2D eigenvalue weighted by atomic mass is 10.2. The Kier molecular flexibility index (Phi) is 5.34. The van der Waals surface area contributed by atoms with Crippen LogP contribution in [0, 0.1) is 0 Å². The van der Waals surface area contributed by atoms with Gasteiger partial charge in [-0.05, 0) is 37.1 Å². The van der Waals surface area contributed by atoms with Crippen LogP contribution in [0.4, 0.5) is 0 Å². The number of esters is 1. The lowest BCUT2D eigenvalue weighted by molar-refractivity contribution is 0.0594. The molecule has 2 atom stereocenters. The van der Waals surface area contributed by atoms with Gasteiger partial charge in [-0.2, -0.15) is 11.8 Å². The minimum absolute atomic E-state index is 0.313. The Bertz CT molecular complexity index is 419. The van der Waals surface area contributed by atoms with Gasteiger partial charge in [0.1, 0.15) is 5.69 Å². The molecule has 0 radical (unpaired) electrons. The monoisotopic (exact) mass is 282 g/mol. The predicted octanol–water partition coefficient (Wildman–Crippen LogP) is 2.57. The molecule has 1 aliphatic rings. The molecule has 1 aromatic heterocycles. The van der Waals surface area contributed by atoms with Crippen LogP contribution in [-0.2, 0) is 11.3 Å². The van der Waals surface area contributed by atoms with Crippen LogP contribution in [0.25, 0.3) is 0 Å².